The Hall–Kier alpha value is -2.04. The number of likely N-dealkylation sites (N-methyl/N-ethyl adjacent to an activating group) is 1. The highest BCUT2D eigenvalue weighted by Crippen LogP contribution is 2.25. The Labute approximate surface area is 168 Å². The molecule has 3 rings (SSSR count). The van der Waals surface area contributed by atoms with Crippen molar-refractivity contribution in [3.8, 4) is 0 Å². The topological polar surface area (TPSA) is 107 Å². The van der Waals surface area contributed by atoms with Crippen LogP contribution in [0.25, 0.3) is 0 Å². The predicted molar refractivity (Wildman–Crippen MR) is 107 cm³/mol. The number of ether oxygens (including phenoxy) is 1. The zero-order valence-electron chi connectivity index (χ0n) is 15.7. The summed E-state index contributed by atoms with van der Waals surface area (Å²) in [6.45, 7) is 0.614. The molecule has 8 nitrogen and oxygen atoms in total. The second-order valence-electron chi connectivity index (χ2n) is 6.78. The third kappa shape index (κ3) is 5.27. The van der Waals surface area contributed by atoms with Crippen molar-refractivity contribution in [2.24, 2.45) is 0 Å². The Bertz CT molecular complexity index is 731. The number of anilines is 1. The molecule has 4 N–H and O–H groups in total. The van der Waals surface area contributed by atoms with Crippen LogP contribution in [-0.4, -0.2) is 77.2 Å². The maximum atomic E-state index is 12.1. The molecule has 152 valence electrons. The molecule has 9 heteroatoms. The number of aliphatic hydroxyl groups is 2. The predicted octanol–water partition coefficient (Wildman–Crippen LogP) is 0.928. The first-order chi connectivity index (χ1) is 13.6. The second kappa shape index (κ2) is 9.94. The van der Waals surface area contributed by atoms with Crippen LogP contribution < -0.4 is 10.6 Å². The average molecular weight is 407 g/mol. The van der Waals surface area contributed by atoms with E-state index in [9.17, 15) is 15.0 Å². The average Bonchev–Trinajstić information content (AvgIpc) is 3.32. The van der Waals surface area contributed by atoms with Crippen molar-refractivity contribution < 1.29 is 19.7 Å². The van der Waals surface area contributed by atoms with Crippen LogP contribution in [0.15, 0.2) is 41.2 Å². The lowest BCUT2D eigenvalue weighted by Crippen LogP contribution is -2.50. The summed E-state index contributed by atoms with van der Waals surface area (Å²) in [6, 6.07) is 6.91. The van der Waals surface area contributed by atoms with E-state index in [1.165, 1.54) is 11.3 Å². The molecule has 3 heterocycles. The van der Waals surface area contributed by atoms with Gasteiger partial charge in [-0.1, -0.05) is 6.07 Å². The van der Waals surface area contributed by atoms with Crippen molar-refractivity contribution >= 4 is 23.1 Å². The zero-order valence-corrected chi connectivity index (χ0v) is 16.5. The largest absolute Gasteiger partial charge is 0.394 e. The Kier molecular flexibility index (Phi) is 7.35. The molecule has 0 spiro atoms. The molecule has 0 radical (unpaired) electrons. The van der Waals surface area contributed by atoms with E-state index in [1.807, 2.05) is 47.0 Å². The molecule has 0 aliphatic carbocycles. The Morgan fingerprint density at radius 2 is 2.21 bits per heavy atom. The van der Waals surface area contributed by atoms with E-state index in [0.717, 1.165) is 17.8 Å². The van der Waals surface area contributed by atoms with E-state index in [2.05, 4.69) is 15.6 Å². The molecular formula is C19H26N4O4S. The molecule has 1 aliphatic rings. The van der Waals surface area contributed by atoms with Gasteiger partial charge in [0.25, 0.3) is 0 Å². The van der Waals surface area contributed by atoms with Crippen LogP contribution >= 0.6 is 11.3 Å². The molecule has 0 saturated carbocycles. The van der Waals surface area contributed by atoms with Gasteiger partial charge in [0.15, 0.2) is 0 Å². The summed E-state index contributed by atoms with van der Waals surface area (Å²) in [5.41, 5.74) is 1.69. The Morgan fingerprint density at radius 1 is 1.36 bits per heavy atom. The molecule has 2 aromatic rings. The van der Waals surface area contributed by atoms with Gasteiger partial charge in [-0.25, -0.2) is 4.79 Å². The number of nitrogens with one attached hydrogen (secondary N) is 2. The van der Waals surface area contributed by atoms with Crippen LogP contribution in [0, 0.1) is 0 Å². The number of aliphatic hydroxyl groups excluding tert-OH is 2. The fraction of sp³-hybridized carbons (Fsp3) is 0.474. The van der Waals surface area contributed by atoms with Crippen molar-refractivity contribution in [2.75, 3.05) is 32.1 Å². The van der Waals surface area contributed by atoms with E-state index >= 15 is 0 Å². The lowest BCUT2D eigenvalue weighted by molar-refractivity contribution is -0.0205. The molecule has 4 atom stereocenters. The Balaban J connectivity index is 1.56. The summed E-state index contributed by atoms with van der Waals surface area (Å²) >= 11 is 1.50. The van der Waals surface area contributed by atoms with Gasteiger partial charge in [-0.3, -0.25) is 9.88 Å². The van der Waals surface area contributed by atoms with Gasteiger partial charge in [-0.15, -0.1) is 0 Å². The monoisotopic (exact) mass is 406 g/mol. The van der Waals surface area contributed by atoms with Gasteiger partial charge >= 0.3 is 6.03 Å². The normalized spacial score (nSPS) is 24.4. The van der Waals surface area contributed by atoms with E-state index < -0.39 is 18.3 Å². The number of urea groups is 1. The van der Waals surface area contributed by atoms with Crippen molar-refractivity contribution in [3.63, 3.8) is 0 Å². The SMILES string of the molecule is CN(CCc1ccccn1)[C@H]1[C@H](O)[C@H](CO)O[C@@H]1CNC(=O)Nc1ccsc1. The zero-order chi connectivity index (χ0) is 19.9. The molecule has 1 fully saturated rings. The first-order valence-corrected chi connectivity index (χ1v) is 10.1. The summed E-state index contributed by atoms with van der Waals surface area (Å²) in [7, 11) is 1.90. The van der Waals surface area contributed by atoms with Gasteiger partial charge in [0, 0.05) is 36.8 Å². The van der Waals surface area contributed by atoms with Gasteiger partial charge in [0.2, 0.25) is 0 Å². The number of thiophene rings is 1. The number of hydrogen-bond donors (Lipinski definition) is 4. The number of nitrogens with zero attached hydrogens (tertiary/aromatic N) is 2. The van der Waals surface area contributed by atoms with Crippen molar-refractivity contribution in [1.82, 2.24) is 15.2 Å². The third-order valence-electron chi connectivity index (χ3n) is 4.84. The maximum absolute atomic E-state index is 12.1. The number of amides is 2. The summed E-state index contributed by atoms with van der Waals surface area (Å²) in [6.07, 6.45) is 0.528. The van der Waals surface area contributed by atoms with Gasteiger partial charge in [0.05, 0.1) is 24.4 Å². The molecule has 0 unspecified atom stereocenters. The number of aromatic nitrogens is 1. The van der Waals surface area contributed by atoms with Gasteiger partial charge < -0.3 is 25.6 Å². The summed E-state index contributed by atoms with van der Waals surface area (Å²) < 4.78 is 5.80. The number of hydrogen-bond acceptors (Lipinski definition) is 7. The standard InChI is InChI=1S/C19H26N4O4S/c1-23(8-5-13-4-2-3-7-20-13)17-15(27-16(11-24)18(17)25)10-21-19(26)22-14-6-9-28-12-14/h2-4,6-7,9,12,15-18,24-25H,5,8,10-11H2,1H3,(H2,21,22,26)/t15-,16+,17-,18-/m1/s1. The molecule has 2 aromatic heterocycles. The van der Waals surface area contributed by atoms with Crippen LogP contribution in [0.5, 0.6) is 0 Å². The maximum Gasteiger partial charge on any atom is 0.319 e. The number of pyridine rings is 1. The minimum atomic E-state index is -0.842. The smallest absolute Gasteiger partial charge is 0.319 e. The minimum absolute atomic E-state index is 0.224. The van der Waals surface area contributed by atoms with Crippen LogP contribution in [0.2, 0.25) is 0 Å². The summed E-state index contributed by atoms with van der Waals surface area (Å²) in [5.74, 6) is 0. The van der Waals surface area contributed by atoms with Crippen LogP contribution in [0.3, 0.4) is 0 Å². The van der Waals surface area contributed by atoms with E-state index in [4.69, 9.17) is 4.74 Å². The fourth-order valence-corrected chi connectivity index (χ4v) is 3.97. The first kappa shape index (κ1) is 20.7. The molecule has 2 amide bonds. The van der Waals surface area contributed by atoms with Gasteiger partial charge in [0.1, 0.15) is 12.2 Å². The third-order valence-corrected chi connectivity index (χ3v) is 5.52. The highest BCUT2D eigenvalue weighted by molar-refractivity contribution is 7.08. The summed E-state index contributed by atoms with van der Waals surface area (Å²) in [5, 5.41) is 29.3. The Morgan fingerprint density at radius 3 is 2.89 bits per heavy atom. The van der Waals surface area contributed by atoms with E-state index in [1.54, 1.807) is 6.20 Å². The fourth-order valence-electron chi connectivity index (χ4n) is 3.38. The first-order valence-electron chi connectivity index (χ1n) is 9.20. The van der Waals surface area contributed by atoms with Crippen molar-refractivity contribution in [3.05, 3.63) is 46.9 Å². The van der Waals surface area contributed by atoms with Gasteiger partial charge in [-0.2, -0.15) is 11.3 Å². The minimum Gasteiger partial charge on any atom is -0.394 e. The van der Waals surface area contributed by atoms with E-state index in [-0.39, 0.29) is 25.2 Å². The highest BCUT2D eigenvalue weighted by atomic mass is 32.1. The molecule has 1 saturated heterocycles. The van der Waals surface area contributed by atoms with Crippen LogP contribution in [0.1, 0.15) is 5.69 Å². The van der Waals surface area contributed by atoms with Gasteiger partial charge in [-0.05, 0) is 30.6 Å². The quantitative estimate of drug-likeness (QED) is 0.520. The molecule has 0 aromatic carbocycles. The van der Waals surface area contributed by atoms with Crippen molar-refractivity contribution in [1.29, 1.82) is 0 Å². The lowest BCUT2D eigenvalue weighted by atomic mass is 10.0. The second-order valence-corrected chi connectivity index (χ2v) is 7.56. The van der Waals surface area contributed by atoms with Crippen LogP contribution in [0.4, 0.5) is 10.5 Å². The molecule has 0 bridgehead atoms. The number of carbonyl (C=O) groups excluding carboxylic acids is 1. The van der Waals surface area contributed by atoms with E-state index in [0.29, 0.717) is 6.54 Å². The van der Waals surface area contributed by atoms with Crippen molar-refractivity contribution in [2.45, 2.75) is 30.8 Å². The molecular weight excluding hydrogens is 380 g/mol. The lowest BCUT2D eigenvalue weighted by Gasteiger charge is -2.30. The molecule has 28 heavy (non-hydrogen) atoms. The number of carbonyl (C=O) groups is 1. The van der Waals surface area contributed by atoms with Crippen LogP contribution in [-0.2, 0) is 11.2 Å². The molecule has 1 aliphatic heterocycles. The summed E-state index contributed by atoms with van der Waals surface area (Å²) in [4.78, 5) is 18.4. The number of rotatable bonds is 8. The highest BCUT2D eigenvalue weighted by Gasteiger charge is 2.45.